The molecule has 2 rings (SSSR count). The van der Waals surface area contributed by atoms with Crippen LogP contribution in [0.4, 0.5) is 0 Å². The van der Waals surface area contributed by atoms with E-state index in [0.717, 1.165) is 18.7 Å². The summed E-state index contributed by atoms with van der Waals surface area (Å²) in [5.41, 5.74) is -0.0318. The Labute approximate surface area is 103 Å². The van der Waals surface area contributed by atoms with Gasteiger partial charge in [-0.3, -0.25) is 4.98 Å². The Morgan fingerprint density at radius 2 is 2.06 bits per heavy atom. The third-order valence-electron chi connectivity index (χ3n) is 3.58. The van der Waals surface area contributed by atoms with Crippen molar-refractivity contribution >= 4 is 0 Å². The van der Waals surface area contributed by atoms with Gasteiger partial charge in [0.25, 0.3) is 0 Å². The number of aliphatic hydroxyl groups is 1. The van der Waals surface area contributed by atoms with Gasteiger partial charge in [0.15, 0.2) is 0 Å². The van der Waals surface area contributed by atoms with Crippen molar-refractivity contribution < 1.29 is 5.11 Å². The molecule has 1 aromatic rings. The summed E-state index contributed by atoms with van der Waals surface area (Å²) < 4.78 is 0. The highest BCUT2D eigenvalue weighted by Gasteiger charge is 2.25. The molecule has 1 aromatic heterocycles. The molecular formula is C14H22N2O. The lowest BCUT2D eigenvalue weighted by atomic mass is 9.96. The van der Waals surface area contributed by atoms with Crippen LogP contribution in [-0.4, -0.2) is 34.6 Å². The molecule has 0 bridgehead atoms. The van der Waals surface area contributed by atoms with E-state index < -0.39 is 5.60 Å². The van der Waals surface area contributed by atoms with E-state index in [0.29, 0.717) is 0 Å². The third-order valence-corrected chi connectivity index (χ3v) is 3.58. The number of rotatable bonds is 4. The molecule has 1 N–H and O–H groups in total. The van der Waals surface area contributed by atoms with Crippen LogP contribution in [0.2, 0.25) is 0 Å². The zero-order chi connectivity index (χ0) is 12.1. The van der Waals surface area contributed by atoms with Gasteiger partial charge >= 0.3 is 0 Å². The van der Waals surface area contributed by atoms with Gasteiger partial charge in [-0.05, 0) is 51.4 Å². The maximum absolute atomic E-state index is 10.4. The number of piperidine rings is 1. The fourth-order valence-electron chi connectivity index (χ4n) is 2.37. The lowest BCUT2D eigenvalue weighted by Gasteiger charge is -2.30. The zero-order valence-electron chi connectivity index (χ0n) is 10.6. The van der Waals surface area contributed by atoms with Gasteiger partial charge < -0.3 is 10.0 Å². The number of pyridine rings is 1. The SMILES string of the molecule is CC(O)(CCN1CCCCC1)c1ccccn1. The average molecular weight is 234 g/mol. The molecule has 1 aliphatic heterocycles. The van der Waals surface area contributed by atoms with Crippen molar-refractivity contribution in [2.24, 2.45) is 0 Å². The van der Waals surface area contributed by atoms with Crippen molar-refractivity contribution in [3.63, 3.8) is 0 Å². The van der Waals surface area contributed by atoms with Gasteiger partial charge in [0.05, 0.1) is 5.69 Å². The van der Waals surface area contributed by atoms with E-state index in [9.17, 15) is 5.11 Å². The fraction of sp³-hybridized carbons (Fsp3) is 0.643. The number of hydrogen-bond acceptors (Lipinski definition) is 3. The monoisotopic (exact) mass is 234 g/mol. The summed E-state index contributed by atoms with van der Waals surface area (Å²) in [5.74, 6) is 0. The van der Waals surface area contributed by atoms with Crippen LogP contribution < -0.4 is 0 Å². The molecule has 1 aliphatic rings. The number of hydrogen-bond donors (Lipinski definition) is 1. The molecule has 3 heteroatoms. The Morgan fingerprint density at radius 1 is 1.29 bits per heavy atom. The molecular weight excluding hydrogens is 212 g/mol. The number of nitrogens with zero attached hydrogens (tertiary/aromatic N) is 2. The van der Waals surface area contributed by atoms with Gasteiger partial charge in [-0.15, -0.1) is 0 Å². The van der Waals surface area contributed by atoms with Crippen LogP contribution in [0.15, 0.2) is 24.4 Å². The summed E-state index contributed by atoms with van der Waals surface area (Å²) in [7, 11) is 0. The van der Waals surface area contributed by atoms with Crippen LogP contribution >= 0.6 is 0 Å². The van der Waals surface area contributed by atoms with Crippen molar-refractivity contribution in [1.29, 1.82) is 0 Å². The van der Waals surface area contributed by atoms with Crippen LogP contribution in [0.5, 0.6) is 0 Å². The van der Waals surface area contributed by atoms with E-state index in [-0.39, 0.29) is 0 Å². The van der Waals surface area contributed by atoms with E-state index in [1.807, 2.05) is 25.1 Å². The van der Waals surface area contributed by atoms with E-state index in [2.05, 4.69) is 9.88 Å². The minimum absolute atomic E-state index is 0.754. The van der Waals surface area contributed by atoms with Crippen LogP contribution in [0, 0.1) is 0 Å². The van der Waals surface area contributed by atoms with Crippen LogP contribution in [0.25, 0.3) is 0 Å². The van der Waals surface area contributed by atoms with Gasteiger partial charge in [-0.2, -0.15) is 0 Å². The van der Waals surface area contributed by atoms with Gasteiger partial charge in [-0.1, -0.05) is 12.5 Å². The second-order valence-electron chi connectivity index (χ2n) is 5.14. The molecule has 1 fully saturated rings. The molecule has 3 nitrogen and oxygen atoms in total. The minimum atomic E-state index is -0.807. The molecule has 1 unspecified atom stereocenters. The first kappa shape index (κ1) is 12.5. The normalized spacial score (nSPS) is 21.1. The molecule has 0 aliphatic carbocycles. The first-order valence-corrected chi connectivity index (χ1v) is 6.55. The Kier molecular flexibility index (Phi) is 4.13. The standard InChI is InChI=1S/C14H22N2O/c1-14(17,13-7-3-4-9-15-13)8-12-16-10-5-2-6-11-16/h3-4,7,9,17H,2,5-6,8,10-12H2,1H3. The molecule has 94 valence electrons. The molecule has 1 saturated heterocycles. The first-order valence-electron chi connectivity index (χ1n) is 6.55. The van der Waals surface area contributed by atoms with Crippen molar-refractivity contribution in [2.75, 3.05) is 19.6 Å². The quantitative estimate of drug-likeness (QED) is 0.867. The summed E-state index contributed by atoms with van der Waals surface area (Å²) >= 11 is 0. The highest BCUT2D eigenvalue weighted by atomic mass is 16.3. The van der Waals surface area contributed by atoms with Crippen molar-refractivity contribution in [2.45, 2.75) is 38.2 Å². The molecule has 2 heterocycles. The first-order chi connectivity index (χ1) is 8.18. The summed E-state index contributed by atoms with van der Waals surface area (Å²) in [6, 6.07) is 5.71. The fourth-order valence-corrected chi connectivity index (χ4v) is 2.37. The van der Waals surface area contributed by atoms with Gasteiger partial charge in [0.1, 0.15) is 5.60 Å². The predicted octanol–water partition coefficient (Wildman–Crippen LogP) is 2.17. The van der Waals surface area contributed by atoms with E-state index in [1.165, 1.54) is 32.4 Å². The van der Waals surface area contributed by atoms with Crippen molar-refractivity contribution in [3.05, 3.63) is 30.1 Å². The number of aromatic nitrogens is 1. The Balaban J connectivity index is 1.88. The van der Waals surface area contributed by atoms with E-state index >= 15 is 0 Å². The predicted molar refractivity (Wildman–Crippen MR) is 68.7 cm³/mol. The lowest BCUT2D eigenvalue weighted by Crippen LogP contribution is -2.35. The zero-order valence-corrected chi connectivity index (χ0v) is 10.6. The van der Waals surface area contributed by atoms with E-state index in [4.69, 9.17) is 0 Å². The molecule has 0 aromatic carbocycles. The highest BCUT2D eigenvalue weighted by molar-refractivity contribution is 5.11. The maximum atomic E-state index is 10.4. The molecule has 1 atom stereocenters. The summed E-state index contributed by atoms with van der Waals surface area (Å²) in [6.45, 7) is 5.18. The molecule has 0 amide bonds. The summed E-state index contributed by atoms with van der Waals surface area (Å²) in [6.07, 6.45) is 6.44. The molecule has 0 saturated carbocycles. The Hall–Kier alpha value is -0.930. The van der Waals surface area contributed by atoms with Crippen LogP contribution in [0.3, 0.4) is 0 Å². The largest absolute Gasteiger partial charge is 0.384 e. The molecule has 17 heavy (non-hydrogen) atoms. The maximum Gasteiger partial charge on any atom is 0.105 e. The van der Waals surface area contributed by atoms with Crippen molar-refractivity contribution in [3.8, 4) is 0 Å². The summed E-state index contributed by atoms with van der Waals surface area (Å²) in [4.78, 5) is 6.69. The topological polar surface area (TPSA) is 36.4 Å². The lowest BCUT2D eigenvalue weighted by molar-refractivity contribution is 0.0297. The Morgan fingerprint density at radius 3 is 2.71 bits per heavy atom. The number of likely N-dealkylation sites (tertiary alicyclic amines) is 1. The van der Waals surface area contributed by atoms with Gasteiger partial charge in [0.2, 0.25) is 0 Å². The van der Waals surface area contributed by atoms with Gasteiger partial charge in [0, 0.05) is 12.7 Å². The average Bonchev–Trinajstić information content (AvgIpc) is 2.39. The second kappa shape index (κ2) is 5.61. The Bertz CT molecular complexity index is 331. The van der Waals surface area contributed by atoms with Crippen LogP contribution in [0.1, 0.15) is 38.3 Å². The smallest absolute Gasteiger partial charge is 0.105 e. The highest BCUT2D eigenvalue weighted by Crippen LogP contribution is 2.23. The van der Waals surface area contributed by atoms with Crippen molar-refractivity contribution in [1.82, 2.24) is 9.88 Å². The van der Waals surface area contributed by atoms with Gasteiger partial charge in [-0.25, -0.2) is 0 Å². The molecule has 0 radical (unpaired) electrons. The molecule has 0 spiro atoms. The third kappa shape index (κ3) is 3.51. The van der Waals surface area contributed by atoms with E-state index in [1.54, 1.807) is 6.20 Å². The summed E-state index contributed by atoms with van der Waals surface area (Å²) in [5, 5.41) is 10.4. The minimum Gasteiger partial charge on any atom is -0.384 e. The second-order valence-corrected chi connectivity index (χ2v) is 5.14. The van der Waals surface area contributed by atoms with Crippen LogP contribution in [-0.2, 0) is 5.60 Å².